The maximum Gasteiger partial charge on any atom is 0.267 e. The minimum absolute atomic E-state index is 0.0605. The van der Waals surface area contributed by atoms with Crippen molar-refractivity contribution < 1.29 is 0 Å². The van der Waals surface area contributed by atoms with Gasteiger partial charge < -0.3 is 5.32 Å². The molecule has 18 heavy (non-hydrogen) atoms. The summed E-state index contributed by atoms with van der Waals surface area (Å²) in [5.74, 6) is 0. The molecule has 0 amide bonds. The van der Waals surface area contributed by atoms with Gasteiger partial charge in [-0.25, -0.2) is 4.68 Å². The molecule has 5 heteroatoms. The van der Waals surface area contributed by atoms with Gasteiger partial charge >= 0.3 is 0 Å². The highest BCUT2D eigenvalue weighted by Gasteiger charge is 1.97. The summed E-state index contributed by atoms with van der Waals surface area (Å²) in [6.45, 7) is 3.80. The van der Waals surface area contributed by atoms with Gasteiger partial charge in [-0.2, -0.15) is 5.10 Å². The van der Waals surface area contributed by atoms with E-state index in [4.69, 9.17) is 0 Å². The second kappa shape index (κ2) is 6.07. The van der Waals surface area contributed by atoms with Gasteiger partial charge in [-0.05, 0) is 24.6 Å². The molecule has 0 aliphatic rings. The number of rotatable bonds is 5. The summed E-state index contributed by atoms with van der Waals surface area (Å²) < 4.78 is 1.46. The number of nitrogens with zero attached hydrogens (tertiary/aromatic N) is 3. The van der Waals surface area contributed by atoms with Gasteiger partial charge in [0.15, 0.2) is 0 Å². The molecule has 0 aromatic carbocycles. The molecule has 0 atom stereocenters. The molecule has 2 aromatic heterocycles. The molecule has 0 aliphatic heterocycles. The van der Waals surface area contributed by atoms with Gasteiger partial charge in [0.1, 0.15) is 0 Å². The molecule has 2 heterocycles. The van der Waals surface area contributed by atoms with E-state index in [1.165, 1.54) is 4.68 Å². The number of hydrogen-bond acceptors (Lipinski definition) is 4. The van der Waals surface area contributed by atoms with Crippen LogP contribution in [-0.2, 0) is 13.1 Å². The first kappa shape index (κ1) is 12.4. The van der Waals surface area contributed by atoms with E-state index in [-0.39, 0.29) is 5.56 Å². The number of pyridine rings is 1. The maximum absolute atomic E-state index is 11.6. The number of aryl methyl sites for hydroxylation is 1. The van der Waals surface area contributed by atoms with Crippen molar-refractivity contribution in [2.45, 2.75) is 20.0 Å². The summed E-state index contributed by atoms with van der Waals surface area (Å²) in [6.07, 6.45) is 3.46. The lowest BCUT2D eigenvalue weighted by Gasteiger charge is -2.06. The van der Waals surface area contributed by atoms with Crippen LogP contribution in [0.25, 0.3) is 0 Å². The lowest BCUT2D eigenvalue weighted by atomic mass is 10.3. The van der Waals surface area contributed by atoms with Gasteiger partial charge in [0.25, 0.3) is 5.56 Å². The first-order valence-corrected chi connectivity index (χ1v) is 5.90. The van der Waals surface area contributed by atoms with Crippen molar-refractivity contribution in [3.63, 3.8) is 0 Å². The molecule has 2 aromatic rings. The van der Waals surface area contributed by atoms with Gasteiger partial charge in [-0.3, -0.25) is 9.78 Å². The largest absolute Gasteiger partial charge is 0.309 e. The van der Waals surface area contributed by atoms with Crippen LogP contribution < -0.4 is 10.9 Å². The second-order valence-corrected chi connectivity index (χ2v) is 4.09. The number of aromatic nitrogens is 3. The van der Waals surface area contributed by atoms with E-state index < -0.39 is 0 Å². The van der Waals surface area contributed by atoms with E-state index in [9.17, 15) is 4.79 Å². The van der Waals surface area contributed by atoms with Gasteiger partial charge in [-0.1, -0.05) is 6.07 Å². The Morgan fingerprint density at radius 2 is 2.28 bits per heavy atom. The Labute approximate surface area is 105 Å². The molecule has 0 bridgehead atoms. The smallest absolute Gasteiger partial charge is 0.267 e. The molecule has 94 valence electrons. The zero-order chi connectivity index (χ0) is 12.8. The van der Waals surface area contributed by atoms with Gasteiger partial charge in [0.05, 0.1) is 18.4 Å². The van der Waals surface area contributed by atoms with Crippen LogP contribution in [-0.4, -0.2) is 21.3 Å². The Morgan fingerprint density at radius 1 is 1.39 bits per heavy atom. The predicted octanol–water partition coefficient (Wildman–Crippen LogP) is 0.737. The summed E-state index contributed by atoms with van der Waals surface area (Å²) in [7, 11) is 0. The van der Waals surface area contributed by atoms with E-state index in [0.29, 0.717) is 19.6 Å². The Bertz CT molecular complexity index is 550. The quantitative estimate of drug-likeness (QED) is 0.788. The van der Waals surface area contributed by atoms with Crippen molar-refractivity contribution in [1.82, 2.24) is 20.1 Å². The lowest BCUT2D eigenvalue weighted by molar-refractivity contribution is 0.528. The van der Waals surface area contributed by atoms with Gasteiger partial charge in [0.2, 0.25) is 0 Å². The molecule has 2 rings (SSSR count). The normalized spacial score (nSPS) is 10.5. The van der Waals surface area contributed by atoms with Crippen LogP contribution in [0.5, 0.6) is 0 Å². The third-order valence-electron chi connectivity index (χ3n) is 2.54. The van der Waals surface area contributed by atoms with E-state index in [1.54, 1.807) is 18.5 Å². The first-order valence-electron chi connectivity index (χ1n) is 5.90. The molecular formula is C13H16N4O. The Hall–Kier alpha value is -2.01. The van der Waals surface area contributed by atoms with Crippen molar-refractivity contribution in [1.29, 1.82) is 0 Å². The van der Waals surface area contributed by atoms with Crippen molar-refractivity contribution in [3.8, 4) is 0 Å². The van der Waals surface area contributed by atoms with Crippen molar-refractivity contribution in [2.24, 2.45) is 0 Å². The van der Waals surface area contributed by atoms with Crippen LogP contribution in [0.15, 0.2) is 41.5 Å². The van der Waals surface area contributed by atoms with E-state index in [1.807, 2.05) is 25.1 Å². The molecule has 5 nitrogen and oxygen atoms in total. The third kappa shape index (κ3) is 3.49. The zero-order valence-corrected chi connectivity index (χ0v) is 10.3. The fourth-order valence-electron chi connectivity index (χ4n) is 1.60. The van der Waals surface area contributed by atoms with Crippen LogP contribution in [0.3, 0.4) is 0 Å². The zero-order valence-electron chi connectivity index (χ0n) is 10.3. The molecule has 0 unspecified atom stereocenters. The summed E-state index contributed by atoms with van der Waals surface area (Å²) in [4.78, 5) is 15.8. The average Bonchev–Trinajstić information content (AvgIpc) is 2.38. The highest BCUT2D eigenvalue weighted by molar-refractivity contribution is 5.03. The monoisotopic (exact) mass is 244 g/mol. The van der Waals surface area contributed by atoms with Crippen molar-refractivity contribution in [3.05, 3.63) is 58.3 Å². The Kier molecular flexibility index (Phi) is 4.20. The number of nitrogens with one attached hydrogen (secondary N) is 1. The fraction of sp³-hybridized carbons (Fsp3) is 0.308. The van der Waals surface area contributed by atoms with Gasteiger partial charge in [0, 0.05) is 25.4 Å². The molecule has 0 aliphatic carbocycles. The van der Waals surface area contributed by atoms with Crippen molar-refractivity contribution in [2.75, 3.05) is 6.54 Å². The SMILES string of the molecule is Cc1cnn(CCNCc2ccccn2)c(=O)c1. The third-order valence-corrected chi connectivity index (χ3v) is 2.54. The topological polar surface area (TPSA) is 59.8 Å². The summed E-state index contributed by atoms with van der Waals surface area (Å²) >= 11 is 0. The highest BCUT2D eigenvalue weighted by Crippen LogP contribution is 1.91. The Morgan fingerprint density at radius 3 is 3.00 bits per heavy atom. The molecule has 0 fully saturated rings. The van der Waals surface area contributed by atoms with E-state index >= 15 is 0 Å². The maximum atomic E-state index is 11.6. The molecule has 1 N–H and O–H groups in total. The molecule has 0 spiro atoms. The van der Waals surface area contributed by atoms with Gasteiger partial charge in [-0.15, -0.1) is 0 Å². The molecule has 0 saturated carbocycles. The van der Waals surface area contributed by atoms with Crippen LogP contribution in [0.1, 0.15) is 11.3 Å². The van der Waals surface area contributed by atoms with E-state index in [2.05, 4.69) is 15.4 Å². The summed E-state index contributed by atoms with van der Waals surface area (Å²) in [5, 5.41) is 7.30. The number of hydrogen-bond donors (Lipinski definition) is 1. The van der Waals surface area contributed by atoms with Crippen LogP contribution >= 0.6 is 0 Å². The second-order valence-electron chi connectivity index (χ2n) is 4.09. The molecular weight excluding hydrogens is 228 g/mol. The Balaban J connectivity index is 1.80. The van der Waals surface area contributed by atoms with E-state index in [0.717, 1.165) is 11.3 Å². The first-order chi connectivity index (χ1) is 8.75. The minimum atomic E-state index is -0.0605. The van der Waals surface area contributed by atoms with Crippen LogP contribution in [0.4, 0.5) is 0 Å². The fourth-order valence-corrected chi connectivity index (χ4v) is 1.60. The average molecular weight is 244 g/mol. The minimum Gasteiger partial charge on any atom is -0.309 e. The standard InChI is InChI=1S/C13H16N4O/c1-11-8-13(18)17(16-9-11)7-6-14-10-12-4-2-3-5-15-12/h2-5,8-9,14H,6-7,10H2,1H3. The van der Waals surface area contributed by atoms with Crippen LogP contribution in [0, 0.1) is 6.92 Å². The van der Waals surface area contributed by atoms with Crippen LogP contribution in [0.2, 0.25) is 0 Å². The summed E-state index contributed by atoms with van der Waals surface area (Å²) in [5.41, 5.74) is 1.81. The lowest BCUT2D eigenvalue weighted by Crippen LogP contribution is -2.28. The summed E-state index contributed by atoms with van der Waals surface area (Å²) in [6, 6.07) is 7.39. The molecule has 0 saturated heterocycles. The van der Waals surface area contributed by atoms with Crippen molar-refractivity contribution >= 4 is 0 Å². The highest BCUT2D eigenvalue weighted by atomic mass is 16.1. The molecule has 0 radical (unpaired) electrons. The predicted molar refractivity (Wildman–Crippen MR) is 69.2 cm³/mol.